The van der Waals surface area contributed by atoms with Crippen LogP contribution in [0.25, 0.3) is 0 Å². The van der Waals surface area contributed by atoms with Crippen LogP contribution in [-0.4, -0.2) is 74.3 Å². The number of benzene rings is 1. The van der Waals surface area contributed by atoms with Crippen molar-refractivity contribution in [2.45, 2.75) is 58.4 Å². The third-order valence-corrected chi connectivity index (χ3v) is 5.75. The number of hydrogen-bond donors (Lipinski definition) is 2. The van der Waals surface area contributed by atoms with E-state index in [4.69, 9.17) is 4.74 Å². The van der Waals surface area contributed by atoms with Gasteiger partial charge in [-0.25, -0.2) is 0 Å². The van der Waals surface area contributed by atoms with Gasteiger partial charge in [0.25, 0.3) is 0 Å². The van der Waals surface area contributed by atoms with Crippen LogP contribution in [0.4, 0.5) is 0 Å². The Morgan fingerprint density at radius 2 is 1.66 bits per heavy atom. The molecule has 0 spiro atoms. The summed E-state index contributed by atoms with van der Waals surface area (Å²) in [6.45, 7) is 12.8. The van der Waals surface area contributed by atoms with Crippen molar-refractivity contribution in [3.63, 3.8) is 0 Å². The highest BCUT2D eigenvalue weighted by atomic mass is 16.5. The van der Waals surface area contributed by atoms with E-state index in [9.17, 15) is 0 Å². The van der Waals surface area contributed by atoms with Crippen molar-refractivity contribution in [1.82, 2.24) is 20.4 Å². The summed E-state index contributed by atoms with van der Waals surface area (Å²) in [6, 6.07) is 8.98. The molecule has 6 heteroatoms. The smallest absolute Gasteiger partial charge is 0.191 e. The molecule has 0 aromatic heterocycles. The Kier molecular flexibility index (Phi) is 8.77. The highest BCUT2D eigenvalue weighted by molar-refractivity contribution is 5.79. The van der Waals surface area contributed by atoms with Crippen LogP contribution in [0.15, 0.2) is 29.3 Å². The first kappa shape index (κ1) is 22.1. The molecule has 1 aromatic carbocycles. The zero-order valence-corrected chi connectivity index (χ0v) is 18.5. The molecule has 0 saturated carbocycles. The molecule has 2 fully saturated rings. The number of morpholine rings is 1. The molecular weight excluding hydrogens is 362 g/mol. The molecule has 0 amide bonds. The fourth-order valence-electron chi connectivity index (χ4n) is 4.34. The number of nitrogens with zero attached hydrogens (tertiary/aromatic N) is 3. The van der Waals surface area contributed by atoms with Gasteiger partial charge in [0.05, 0.1) is 12.2 Å². The lowest BCUT2D eigenvalue weighted by Gasteiger charge is -2.35. The maximum absolute atomic E-state index is 5.80. The van der Waals surface area contributed by atoms with Crippen LogP contribution in [0, 0.1) is 0 Å². The van der Waals surface area contributed by atoms with Gasteiger partial charge >= 0.3 is 0 Å². The molecule has 2 atom stereocenters. The number of aliphatic imine (C=N–C) groups is 1. The normalized spacial score (nSPS) is 24.0. The van der Waals surface area contributed by atoms with Crippen LogP contribution in [-0.2, 0) is 17.8 Å². The van der Waals surface area contributed by atoms with Crippen molar-refractivity contribution in [2.24, 2.45) is 4.99 Å². The van der Waals surface area contributed by atoms with E-state index in [1.165, 1.54) is 37.1 Å². The summed E-state index contributed by atoms with van der Waals surface area (Å²) in [7, 11) is 1.83. The summed E-state index contributed by atoms with van der Waals surface area (Å²) in [4.78, 5) is 9.39. The molecule has 0 aliphatic carbocycles. The molecule has 2 unspecified atom stereocenters. The molecule has 2 N–H and O–H groups in total. The second kappa shape index (κ2) is 11.5. The first-order chi connectivity index (χ1) is 14.1. The van der Waals surface area contributed by atoms with Gasteiger partial charge < -0.3 is 15.4 Å². The number of rotatable bonds is 8. The molecule has 2 saturated heterocycles. The van der Waals surface area contributed by atoms with E-state index >= 15 is 0 Å². The third kappa shape index (κ3) is 7.61. The number of hydrogen-bond acceptors (Lipinski definition) is 4. The second-order valence-electron chi connectivity index (χ2n) is 8.52. The average Bonchev–Trinajstić information content (AvgIpc) is 3.21. The standard InChI is InChI=1S/C23H39N5O/c1-19-16-28(17-20(2)29-19)14-6-11-25-23(24-3)26-15-21-7-9-22(10-8-21)18-27-12-4-5-13-27/h7-10,19-20H,4-6,11-18H2,1-3H3,(H2,24,25,26). The lowest BCUT2D eigenvalue weighted by molar-refractivity contribution is -0.0679. The fourth-order valence-corrected chi connectivity index (χ4v) is 4.34. The molecular formula is C23H39N5O. The van der Waals surface area contributed by atoms with Crippen molar-refractivity contribution in [3.8, 4) is 0 Å². The van der Waals surface area contributed by atoms with E-state index in [-0.39, 0.29) is 0 Å². The minimum absolute atomic E-state index is 0.336. The van der Waals surface area contributed by atoms with Crippen LogP contribution in [0.2, 0.25) is 0 Å². The highest BCUT2D eigenvalue weighted by Gasteiger charge is 2.21. The van der Waals surface area contributed by atoms with E-state index in [1.54, 1.807) is 0 Å². The fraction of sp³-hybridized carbons (Fsp3) is 0.696. The summed E-state index contributed by atoms with van der Waals surface area (Å²) in [6.07, 6.45) is 4.47. The van der Waals surface area contributed by atoms with E-state index in [1.807, 2.05) is 7.05 Å². The Hall–Kier alpha value is -1.63. The van der Waals surface area contributed by atoms with Crippen LogP contribution in [0.1, 0.15) is 44.2 Å². The summed E-state index contributed by atoms with van der Waals surface area (Å²) in [5.74, 6) is 0.870. The van der Waals surface area contributed by atoms with Gasteiger partial charge in [0.2, 0.25) is 0 Å². The molecule has 162 valence electrons. The largest absolute Gasteiger partial charge is 0.373 e. The number of likely N-dealkylation sites (tertiary alicyclic amines) is 1. The lowest BCUT2D eigenvalue weighted by atomic mass is 10.1. The van der Waals surface area contributed by atoms with Gasteiger partial charge in [-0.15, -0.1) is 0 Å². The van der Waals surface area contributed by atoms with Crippen molar-refractivity contribution < 1.29 is 4.74 Å². The third-order valence-electron chi connectivity index (χ3n) is 5.75. The maximum atomic E-state index is 5.80. The van der Waals surface area contributed by atoms with Gasteiger partial charge in [0, 0.05) is 46.3 Å². The zero-order valence-electron chi connectivity index (χ0n) is 18.5. The van der Waals surface area contributed by atoms with Gasteiger partial charge in [-0.2, -0.15) is 0 Å². The molecule has 2 aliphatic heterocycles. The molecule has 3 rings (SSSR count). The van der Waals surface area contributed by atoms with Crippen molar-refractivity contribution in [3.05, 3.63) is 35.4 Å². The van der Waals surface area contributed by atoms with Gasteiger partial charge in [-0.1, -0.05) is 24.3 Å². The van der Waals surface area contributed by atoms with Crippen molar-refractivity contribution in [1.29, 1.82) is 0 Å². The maximum Gasteiger partial charge on any atom is 0.191 e. The quantitative estimate of drug-likeness (QED) is 0.398. The number of guanidine groups is 1. The highest BCUT2D eigenvalue weighted by Crippen LogP contribution is 2.13. The second-order valence-corrected chi connectivity index (χ2v) is 8.52. The minimum Gasteiger partial charge on any atom is -0.373 e. The minimum atomic E-state index is 0.336. The topological polar surface area (TPSA) is 52.1 Å². The lowest BCUT2D eigenvalue weighted by Crippen LogP contribution is -2.46. The van der Waals surface area contributed by atoms with Crippen LogP contribution < -0.4 is 10.6 Å². The summed E-state index contributed by atoms with van der Waals surface area (Å²) in [5, 5.41) is 6.86. The van der Waals surface area contributed by atoms with Crippen LogP contribution >= 0.6 is 0 Å². The Morgan fingerprint density at radius 3 is 2.31 bits per heavy atom. The predicted octanol–water partition coefficient (Wildman–Crippen LogP) is 2.45. The van der Waals surface area contributed by atoms with E-state index in [0.29, 0.717) is 12.2 Å². The van der Waals surface area contributed by atoms with Gasteiger partial charge in [0.15, 0.2) is 5.96 Å². The molecule has 2 heterocycles. The zero-order chi connectivity index (χ0) is 20.5. The van der Waals surface area contributed by atoms with Gasteiger partial charge in [0.1, 0.15) is 0 Å². The van der Waals surface area contributed by atoms with Crippen LogP contribution in [0.5, 0.6) is 0 Å². The summed E-state index contributed by atoms with van der Waals surface area (Å²) in [5.41, 5.74) is 2.69. The number of nitrogens with one attached hydrogen (secondary N) is 2. The van der Waals surface area contributed by atoms with Gasteiger partial charge in [-0.3, -0.25) is 14.8 Å². The SMILES string of the molecule is CN=C(NCCCN1CC(C)OC(C)C1)NCc1ccc(CN2CCCC2)cc1. The first-order valence-corrected chi connectivity index (χ1v) is 11.2. The molecule has 0 bridgehead atoms. The van der Waals surface area contributed by atoms with E-state index < -0.39 is 0 Å². The Bertz CT molecular complexity index is 617. The van der Waals surface area contributed by atoms with E-state index in [0.717, 1.165) is 51.6 Å². The van der Waals surface area contributed by atoms with Crippen LogP contribution in [0.3, 0.4) is 0 Å². The Labute approximate surface area is 176 Å². The first-order valence-electron chi connectivity index (χ1n) is 11.2. The summed E-state index contributed by atoms with van der Waals surface area (Å²) < 4.78 is 5.80. The summed E-state index contributed by atoms with van der Waals surface area (Å²) >= 11 is 0. The monoisotopic (exact) mass is 401 g/mol. The Morgan fingerprint density at radius 1 is 1.00 bits per heavy atom. The molecule has 1 aromatic rings. The van der Waals surface area contributed by atoms with E-state index in [2.05, 4.69) is 63.5 Å². The Balaban J connectivity index is 1.32. The molecule has 6 nitrogen and oxygen atoms in total. The molecule has 0 radical (unpaired) electrons. The number of ether oxygens (including phenoxy) is 1. The average molecular weight is 402 g/mol. The molecule has 29 heavy (non-hydrogen) atoms. The van der Waals surface area contributed by atoms with Gasteiger partial charge in [-0.05, 0) is 57.3 Å². The van der Waals surface area contributed by atoms with Crippen molar-refractivity contribution in [2.75, 3.05) is 46.3 Å². The van der Waals surface area contributed by atoms with Crippen molar-refractivity contribution >= 4 is 5.96 Å². The predicted molar refractivity (Wildman–Crippen MR) is 120 cm³/mol. The molecule has 2 aliphatic rings.